The number of furan rings is 1. The Kier molecular flexibility index (Phi) is 4.59. The number of thiazole rings is 1. The molecular weight excluding hydrogens is 338 g/mol. The van der Waals surface area contributed by atoms with Crippen LogP contribution in [0.5, 0.6) is 0 Å². The van der Waals surface area contributed by atoms with E-state index in [1.165, 1.54) is 11.3 Å². The zero-order chi connectivity index (χ0) is 18.1. The van der Waals surface area contributed by atoms with Crippen molar-refractivity contribution in [2.24, 2.45) is 0 Å². The van der Waals surface area contributed by atoms with E-state index < -0.39 is 5.91 Å². The highest BCUT2D eigenvalue weighted by atomic mass is 32.1. The number of nitrogens with one attached hydrogen (secondary N) is 2. The second kappa shape index (κ2) is 6.68. The Labute approximate surface area is 149 Å². The molecule has 0 fully saturated rings. The van der Waals surface area contributed by atoms with Gasteiger partial charge in [0, 0.05) is 16.9 Å². The molecule has 7 heteroatoms. The molecule has 2 amide bonds. The summed E-state index contributed by atoms with van der Waals surface area (Å²) in [5.41, 5.74) is 6.87. The fourth-order valence-electron chi connectivity index (χ4n) is 2.49. The number of hydrazine groups is 1. The third-order valence-corrected chi connectivity index (χ3v) is 5.31. The number of fused-ring (bicyclic) bond motifs is 1. The van der Waals surface area contributed by atoms with E-state index in [4.69, 9.17) is 4.42 Å². The quantitative estimate of drug-likeness (QED) is 0.700. The van der Waals surface area contributed by atoms with E-state index in [0.29, 0.717) is 16.2 Å². The van der Waals surface area contributed by atoms with Crippen molar-refractivity contribution in [1.82, 2.24) is 15.8 Å². The van der Waals surface area contributed by atoms with E-state index in [0.717, 1.165) is 16.0 Å². The summed E-state index contributed by atoms with van der Waals surface area (Å²) in [6, 6.07) is 7.41. The van der Waals surface area contributed by atoms with Crippen LogP contribution in [0.4, 0.5) is 0 Å². The second-order valence-electron chi connectivity index (χ2n) is 6.08. The van der Waals surface area contributed by atoms with Crippen LogP contribution in [0.25, 0.3) is 11.0 Å². The van der Waals surface area contributed by atoms with Gasteiger partial charge in [-0.25, -0.2) is 4.98 Å². The van der Waals surface area contributed by atoms with Crippen LogP contribution < -0.4 is 10.9 Å². The van der Waals surface area contributed by atoms with Crippen molar-refractivity contribution in [1.29, 1.82) is 0 Å². The standard InChI is InChI=1S/C18H19N3O3S/c1-9(2)18-19-11(4)15(25-18)17(23)21-20-16(22)14-10(3)12-7-5-6-8-13(12)24-14/h5-9H,1-4H3,(H,20,22)(H,21,23). The van der Waals surface area contributed by atoms with Gasteiger partial charge in [0.25, 0.3) is 5.91 Å². The molecule has 3 aromatic rings. The maximum Gasteiger partial charge on any atom is 0.305 e. The number of amides is 2. The lowest BCUT2D eigenvalue weighted by Crippen LogP contribution is -2.41. The van der Waals surface area contributed by atoms with Gasteiger partial charge in [0.2, 0.25) is 0 Å². The van der Waals surface area contributed by atoms with E-state index in [-0.39, 0.29) is 17.6 Å². The highest BCUT2D eigenvalue weighted by Gasteiger charge is 2.20. The fourth-order valence-corrected chi connectivity index (χ4v) is 3.46. The van der Waals surface area contributed by atoms with Gasteiger partial charge in [-0.1, -0.05) is 32.0 Å². The molecule has 6 nitrogen and oxygen atoms in total. The lowest BCUT2D eigenvalue weighted by atomic mass is 10.1. The number of nitrogens with zero attached hydrogens (tertiary/aromatic N) is 1. The molecule has 25 heavy (non-hydrogen) atoms. The molecule has 0 aliphatic heterocycles. The number of hydrogen-bond acceptors (Lipinski definition) is 5. The Morgan fingerprint density at radius 1 is 1.12 bits per heavy atom. The molecule has 0 aliphatic carbocycles. The van der Waals surface area contributed by atoms with Crippen molar-refractivity contribution in [2.75, 3.05) is 0 Å². The maximum atomic E-state index is 12.3. The fraction of sp³-hybridized carbons (Fsp3) is 0.278. The smallest absolute Gasteiger partial charge is 0.305 e. The second-order valence-corrected chi connectivity index (χ2v) is 7.11. The number of carbonyl (C=O) groups excluding carboxylic acids is 2. The number of carbonyl (C=O) groups is 2. The lowest BCUT2D eigenvalue weighted by molar-refractivity contribution is 0.0833. The van der Waals surface area contributed by atoms with E-state index in [1.807, 2.05) is 39.0 Å². The van der Waals surface area contributed by atoms with E-state index >= 15 is 0 Å². The van der Waals surface area contributed by atoms with Crippen molar-refractivity contribution in [2.45, 2.75) is 33.6 Å². The van der Waals surface area contributed by atoms with Gasteiger partial charge in [0.1, 0.15) is 10.5 Å². The summed E-state index contributed by atoms with van der Waals surface area (Å²) in [5.74, 6) is -0.444. The number of para-hydroxylation sites is 1. The molecule has 0 saturated carbocycles. The Bertz CT molecular complexity index is 956. The number of benzene rings is 1. The summed E-state index contributed by atoms with van der Waals surface area (Å²) < 4.78 is 5.58. The summed E-state index contributed by atoms with van der Waals surface area (Å²) in [5, 5.41) is 1.76. The van der Waals surface area contributed by atoms with Crippen LogP contribution in [0.15, 0.2) is 28.7 Å². The van der Waals surface area contributed by atoms with Gasteiger partial charge in [-0.3, -0.25) is 20.4 Å². The molecule has 2 heterocycles. The van der Waals surface area contributed by atoms with Crippen LogP contribution in [0.1, 0.15) is 56.3 Å². The zero-order valence-electron chi connectivity index (χ0n) is 14.5. The monoisotopic (exact) mass is 357 g/mol. The first-order chi connectivity index (χ1) is 11.9. The number of aryl methyl sites for hydroxylation is 2. The molecule has 0 bridgehead atoms. The first-order valence-corrected chi connectivity index (χ1v) is 8.76. The molecule has 0 atom stereocenters. The number of rotatable bonds is 3. The van der Waals surface area contributed by atoms with Crippen LogP contribution in [0.2, 0.25) is 0 Å². The molecule has 0 spiro atoms. The predicted molar refractivity (Wildman–Crippen MR) is 96.8 cm³/mol. The van der Waals surface area contributed by atoms with Crippen LogP contribution in [-0.2, 0) is 0 Å². The first kappa shape index (κ1) is 17.2. The SMILES string of the molecule is Cc1nc(C(C)C)sc1C(=O)NNC(=O)c1oc2ccccc2c1C. The van der Waals surface area contributed by atoms with Crippen LogP contribution in [-0.4, -0.2) is 16.8 Å². The minimum Gasteiger partial charge on any atom is -0.451 e. The highest BCUT2D eigenvalue weighted by molar-refractivity contribution is 7.13. The summed E-state index contributed by atoms with van der Waals surface area (Å²) in [7, 11) is 0. The topological polar surface area (TPSA) is 84.2 Å². The minimum absolute atomic E-state index is 0.186. The summed E-state index contributed by atoms with van der Waals surface area (Å²) in [6.45, 7) is 7.63. The number of aromatic nitrogens is 1. The molecule has 0 saturated heterocycles. The summed E-state index contributed by atoms with van der Waals surface area (Å²) in [6.07, 6.45) is 0. The molecule has 0 unspecified atom stereocenters. The van der Waals surface area contributed by atoms with Gasteiger partial charge in [-0.2, -0.15) is 0 Å². The normalized spacial score (nSPS) is 11.1. The molecular formula is C18H19N3O3S. The van der Waals surface area contributed by atoms with Crippen LogP contribution in [0, 0.1) is 13.8 Å². The molecule has 2 aromatic heterocycles. The third-order valence-electron chi connectivity index (χ3n) is 3.85. The van der Waals surface area contributed by atoms with Crippen LogP contribution >= 0.6 is 11.3 Å². The Morgan fingerprint density at radius 2 is 1.80 bits per heavy atom. The van der Waals surface area contributed by atoms with Gasteiger partial charge in [0.05, 0.1) is 10.7 Å². The number of hydrogen-bond donors (Lipinski definition) is 2. The van der Waals surface area contributed by atoms with Gasteiger partial charge < -0.3 is 4.42 Å². The average Bonchev–Trinajstić information content (AvgIpc) is 3.14. The van der Waals surface area contributed by atoms with Gasteiger partial charge in [-0.15, -0.1) is 11.3 Å². The molecule has 3 rings (SSSR count). The van der Waals surface area contributed by atoms with Gasteiger partial charge in [0.15, 0.2) is 5.76 Å². The molecule has 1 aromatic carbocycles. The Hall–Kier alpha value is -2.67. The summed E-state index contributed by atoms with van der Waals surface area (Å²) in [4.78, 5) is 29.5. The zero-order valence-corrected chi connectivity index (χ0v) is 15.3. The van der Waals surface area contributed by atoms with E-state index in [2.05, 4.69) is 15.8 Å². The molecule has 0 radical (unpaired) electrons. The largest absolute Gasteiger partial charge is 0.451 e. The van der Waals surface area contributed by atoms with Crippen molar-refractivity contribution < 1.29 is 14.0 Å². The highest BCUT2D eigenvalue weighted by Crippen LogP contribution is 2.25. The molecule has 130 valence electrons. The third kappa shape index (κ3) is 3.28. The van der Waals surface area contributed by atoms with Crippen molar-refractivity contribution in [3.63, 3.8) is 0 Å². The maximum absolute atomic E-state index is 12.3. The predicted octanol–water partition coefficient (Wildman–Crippen LogP) is 3.70. The minimum atomic E-state index is -0.492. The Morgan fingerprint density at radius 3 is 2.44 bits per heavy atom. The summed E-state index contributed by atoms with van der Waals surface area (Å²) >= 11 is 1.33. The van der Waals surface area contributed by atoms with Crippen molar-refractivity contribution in [3.8, 4) is 0 Å². The van der Waals surface area contributed by atoms with Gasteiger partial charge in [-0.05, 0) is 19.9 Å². The van der Waals surface area contributed by atoms with Crippen molar-refractivity contribution in [3.05, 3.63) is 51.2 Å². The Balaban J connectivity index is 1.73. The molecule has 2 N–H and O–H groups in total. The van der Waals surface area contributed by atoms with E-state index in [9.17, 15) is 9.59 Å². The average molecular weight is 357 g/mol. The van der Waals surface area contributed by atoms with E-state index in [1.54, 1.807) is 13.0 Å². The molecule has 0 aliphatic rings. The first-order valence-electron chi connectivity index (χ1n) is 7.94. The lowest BCUT2D eigenvalue weighted by Gasteiger charge is -2.05. The van der Waals surface area contributed by atoms with Crippen LogP contribution in [0.3, 0.4) is 0 Å². The van der Waals surface area contributed by atoms with Crippen molar-refractivity contribution >= 4 is 34.1 Å². The van der Waals surface area contributed by atoms with Gasteiger partial charge >= 0.3 is 5.91 Å².